The van der Waals surface area contributed by atoms with E-state index in [4.69, 9.17) is 28.3 Å². The molecule has 2 aromatic carbocycles. The predicted octanol–water partition coefficient (Wildman–Crippen LogP) is 7.41. The molecule has 1 aromatic heterocycles. The van der Waals surface area contributed by atoms with Gasteiger partial charge >= 0.3 is 0 Å². The van der Waals surface area contributed by atoms with Crippen LogP contribution >= 0.6 is 23.2 Å². The zero-order valence-corrected chi connectivity index (χ0v) is 23.9. The van der Waals surface area contributed by atoms with Gasteiger partial charge in [-0.1, -0.05) is 100.0 Å². The fourth-order valence-electron chi connectivity index (χ4n) is 4.83. The molecule has 3 aromatic rings. The van der Waals surface area contributed by atoms with E-state index in [1.807, 2.05) is 36.4 Å². The molecule has 0 bridgehead atoms. The molecule has 4 rings (SSSR count). The number of halogens is 2. The third-order valence-electron chi connectivity index (χ3n) is 7.04. The van der Waals surface area contributed by atoms with Gasteiger partial charge in [-0.05, 0) is 36.1 Å². The van der Waals surface area contributed by atoms with Crippen LogP contribution in [0.25, 0.3) is 5.69 Å². The number of benzene rings is 2. The number of hydrogen-bond donors (Lipinski definition) is 1. The lowest BCUT2D eigenvalue weighted by Gasteiger charge is -2.23. The van der Waals surface area contributed by atoms with Crippen molar-refractivity contribution in [2.75, 3.05) is 11.9 Å². The molecule has 0 aliphatic heterocycles. The molecule has 0 unspecified atom stereocenters. The van der Waals surface area contributed by atoms with Crippen molar-refractivity contribution in [3.05, 3.63) is 75.9 Å². The van der Waals surface area contributed by atoms with Crippen LogP contribution in [0.3, 0.4) is 0 Å². The van der Waals surface area contributed by atoms with Gasteiger partial charge in [-0.25, -0.2) is 4.68 Å². The van der Waals surface area contributed by atoms with Crippen LogP contribution in [-0.2, 0) is 21.5 Å². The number of aromatic nitrogens is 2. The quantitative estimate of drug-likeness (QED) is 0.299. The van der Waals surface area contributed by atoms with Gasteiger partial charge in [0.25, 0.3) is 0 Å². The van der Waals surface area contributed by atoms with Crippen LogP contribution in [0, 0.1) is 5.92 Å². The summed E-state index contributed by atoms with van der Waals surface area (Å²) >= 11 is 12.4. The van der Waals surface area contributed by atoms with Crippen molar-refractivity contribution in [3.8, 4) is 5.69 Å². The Bertz CT molecular complexity index is 1260. The van der Waals surface area contributed by atoms with Gasteiger partial charge in [0.05, 0.1) is 21.4 Å². The van der Waals surface area contributed by atoms with Gasteiger partial charge in [-0.2, -0.15) is 5.10 Å². The summed E-state index contributed by atoms with van der Waals surface area (Å²) in [6, 6.07) is 16.9. The first-order chi connectivity index (χ1) is 18.1. The van der Waals surface area contributed by atoms with Gasteiger partial charge in [-0.3, -0.25) is 9.59 Å². The molecule has 2 amide bonds. The van der Waals surface area contributed by atoms with E-state index in [-0.39, 0.29) is 23.8 Å². The summed E-state index contributed by atoms with van der Waals surface area (Å²) in [4.78, 5) is 28.3. The average molecular weight is 556 g/mol. The van der Waals surface area contributed by atoms with Crippen molar-refractivity contribution in [1.82, 2.24) is 14.7 Å². The second kappa shape index (κ2) is 12.4. The van der Waals surface area contributed by atoms with Gasteiger partial charge in [-0.15, -0.1) is 0 Å². The molecule has 38 heavy (non-hydrogen) atoms. The molecule has 1 fully saturated rings. The summed E-state index contributed by atoms with van der Waals surface area (Å²) in [6.07, 6.45) is 6.23. The Balaban J connectivity index is 1.54. The van der Waals surface area contributed by atoms with Crippen molar-refractivity contribution in [3.63, 3.8) is 0 Å². The van der Waals surface area contributed by atoms with Gasteiger partial charge in [0, 0.05) is 24.4 Å². The van der Waals surface area contributed by atoms with Crippen LogP contribution in [0.15, 0.2) is 54.6 Å². The summed E-state index contributed by atoms with van der Waals surface area (Å²) in [7, 11) is 0. The number of carbonyl (C=O) groups excluding carboxylic acids is 2. The second-order valence-corrected chi connectivity index (χ2v) is 12.0. The molecule has 6 nitrogen and oxygen atoms in total. The Kier molecular flexibility index (Phi) is 9.16. The molecule has 0 atom stereocenters. The predicted molar refractivity (Wildman–Crippen MR) is 154 cm³/mol. The molecule has 1 aliphatic rings. The lowest BCUT2D eigenvalue weighted by molar-refractivity contribution is -0.135. The highest BCUT2D eigenvalue weighted by Crippen LogP contribution is 2.30. The van der Waals surface area contributed by atoms with Gasteiger partial charge in [0.2, 0.25) is 11.8 Å². The first-order valence-corrected chi connectivity index (χ1v) is 14.0. The number of carbonyl (C=O) groups is 2. The molecule has 202 valence electrons. The lowest BCUT2D eigenvalue weighted by Crippen LogP contribution is -2.38. The molecule has 1 aliphatic carbocycles. The van der Waals surface area contributed by atoms with Crippen LogP contribution in [0.4, 0.5) is 5.82 Å². The molecule has 1 heterocycles. The Morgan fingerprint density at radius 1 is 1.03 bits per heavy atom. The molecule has 1 N–H and O–H groups in total. The minimum Gasteiger partial charge on any atom is -0.329 e. The zero-order valence-electron chi connectivity index (χ0n) is 22.3. The molecular formula is C30H36Cl2N4O2. The SMILES string of the molecule is CC(C)(C)c1cc(NC(=O)CN(Cc2ccccc2)C(=O)CCC2CCCC2)n(-c2ccc(Cl)c(Cl)c2)n1. The molecule has 0 spiro atoms. The van der Waals surface area contributed by atoms with Crippen molar-refractivity contribution < 1.29 is 9.59 Å². The number of amides is 2. The third-order valence-corrected chi connectivity index (χ3v) is 7.78. The highest BCUT2D eigenvalue weighted by Gasteiger charge is 2.24. The average Bonchev–Trinajstić information content (AvgIpc) is 3.55. The number of anilines is 1. The standard InChI is InChI=1S/C30H36Cl2N4O2/c1-30(2,3)26-18-27(36(34-26)23-14-15-24(31)25(32)17-23)33-28(37)20-35(19-22-11-5-4-6-12-22)29(38)16-13-21-9-7-8-10-21/h4-6,11-12,14-15,17-18,21H,7-10,13,16,19-20H2,1-3H3,(H,33,37). The normalized spacial score (nSPS) is 14.0. The van der Waals surface area contributed by atoms with Gasteiger partial charge < -0.3 is 10.2 Å². The summed E-state index contributed by atoms with van der Waals surface area (Å²) in [5, 5.41) is 8.59. The van der Waals surface area contributed by atoms with Crippen molar-refractivity contribution in [1.29, 1.82) is 0 Å². The highest BCUT2D eigenvalue weighted by atomic mass is 35.5. The lowest BCUT2D eigenvalue weighted by atomic mass is 9.92. The summed E-state index contributed by atoms with van der Waals surface area (Å²) < 4.78 is 1.66. The van der Waals surface area contributed by atoms with E-state index >= 15 is 0 Å². The number of nitrogens with one attached hydrogen (secondary N) is 1. The Labute approximate surface area is 235 Å². The number of nitrogens with zero attached hydrogens (tertiary/aromatic N) is 3. The van der Waals surface area contributed by atoms with Gasteiger partial charge in [0.15, 0.2) is 0 Å². The zero-order chi connectivity index (χ0) is 27.3. The van der Waals surface area contributed by atoms with Crippen LogP contribution < -0.4 is 5.32 Å². The molecule has 8 heteroatoms. The van der Waals surface area contributed by atoms with E-state index in [0.717, 1.165) is 17.7 Å². The molecule has 0 saturated heterocycles. The van der Waals surface area contributed by atoms with Crippen molar-refractivity contribution in [2.45, 2.75) is 71.3 Å². The Morgan fingerprint density at radius 3 is 2.39 bits per heavy atom. The summed E-state index contributed by atoms with van der Waals surface area (Å²) in [5.74, 6) is 0.847. The van der Waals surface area contributed by atoms with Crippen LogP contribution in [-0.4, -0.2) is 33.0 Å². The minimum atomic E-state index is -0.281. The van der Waals surface area contributed by atoms with Gasteiger partial charge in [0.1, 0.15) is 12.4 Å². The maximum absolute atomic E-state index is 13.3. The fourth-order valence-corrected chi connectivity index (χ4v) is 5.12. The first kappa shape index (κ1) is 28.2. The van der Waals surface area contributed by atoms with Crippen molar-refractivity contribution in [2.24, 2.45) is 5.92 Å². The molecule has 1 saturated carbocycles. The van der Waals surface area contributed by atoms with Crippen LogP contribution in [0.5, 0.6) is 0 Å². The number of rotatable bonds is 9. The largest absolute Gasteiger partial charge is 0.329 e. The van der Waals surface area contributed by atoms with E-state index in [1.54, 1.807) is 27.8 Å². The molecule has 0 radical (unpaired) electrons. The summed E-state index contributed by atoms with van der Waals surface area (Å²) in [6.45, 7) is 6.52. The fraction of sp³-hybridized carbons (Fsp3) is 0.433. The number of hydrogen-bond acceptors (Lipinski definition) is 3. The van der Waals surface area contributed by atoms with E-state index in [1.165, 1.54) is 25.7 Å². The Morgan fingerprint density at radius 2 is 1.74 bits per heavy atom. The third kappa shape index (κ3) is 7.39. The Hall–Kier alpha value is -2.83. The smallest absolute Gasteiger partial charge is 0.245 e. The maximum atomic E-state index is 13.3. The van der Waals surface area contributed by atoms with E-state index in [0.29, 0.717) is 40.4 Å². The van der Waals surface area contributed by atoms with E-state index in [9.17, 15) is 9.59 Å². The van der Waals surface area contributed by atoms with Crippen LogP contribution in [0.1, 0.15) is 70.6 Å². The second-order valence-electron chi connectivity index (χ2n) is 11.1. The summed E-state index contributed by atoms with van der Waals surface area (Å²) in [5.41, 5.74) is 2.24. The van der Waals surface area contributed by atoms with Crippen molar-refractivity contribution >= 4 is 40.8 Å². The highest BCUT2D eigenvalue weighted by molar-refractivity contribution is 6.42. The van der Waals surface area contributed by atoms with Crippen LogP contribution in [0.2, 0.25) is 10.0 Å². The molecular weight excluding hydrogens is 519 g/mol. The van der Waals surface area contributed by atoms with E-state index < -0.39 is 0 Å². The maximum Gasteiger partial charge on any atom is 0.245 e. The minimum absolute atomic E-state index is 0.00396. The first-order valence-electron chi connectivity index (χ1n) is 13.3. The monoisotopic (exact) mass is 554 g/mol. The van der Waals surface area contributed by atoms with E-state index in [2.05, 4.69) is 26.1 Å². The topological polar surface area (TPSA) is 67.2 Å².